The van der Waals surface area contributed by atoms with Gasteiger partial charge in [0.15, 0.2) is 0 Å². The van der Waals surface area contributed by atoms with Crippen LogP contribution in [0.25, 0.3) is 16.6 Å². The molecule has 4 nitrogen and oxygen atoms in total. The van der Waals surface area contributed by atoms with E-state index in [9.17, 15) is 0 Å². The standard InChI is InChI=1S/C16H15BrN2O2/c1-10-14-8-13(21-3)9-15(17)16(14)18-19(10)11-4-6-12(20-2)7-5-11/h4-9H,1-3H3. The van der Waals surface area contributed by atoms with Crippen LogP contribution in [0.1, 0.15) is 5.69 Å². The van der Waals surface area contributed by atoms with Crippen molar-refractivity contribution in [2.24, 2.45) is 0 Å². The van der Waals surface area contributed by atoms with Crippen LogP contribution >= 0.6 is 15.9 Å². The number of ether oxygens (including phenoxy) is 2. The van der Waals surface area contributed by atoms with Crippen LogP contribution in [-0.2, 0) is 0 Å². The molecule has 0 unspecified atom stereocenters. The first kappa shape index (κ1) is 13.9. The van der Waals surface area contributed by atoms with E-state index in [1.165, 1.54) is 0 Å². The topological polar surface area (TPSA) is 36.3 Å². The Bertz CT molecular complexity index is 794. The van der Waals surface area contributed by atoms with Gasteiger partial charge in [-0.1, -0.05) is 0 Å². The number of aryl methyl sites for hydroxylation is 1. The Balaban J connectivity index is 2.18. The lowest BCUT2D eigenvalue weighted by Crippen LogP contribution is -1.98. The fourth-order valence-corrected chi connectivity index (χ4v) is 2.85. The number of methoxy groups -OCH3 is 2. The molecule has 0 saturated heterocycles. The maximum atomic E-state index is 5.32. The van der Waals surface area contributed by atoms with Gasteiger partial charge in [-0.25, -0.2) is 4.68 Å². The average Bonchev–Trinajstić information content (AvgIpc) is 2.85. The zero-order chi connectivity index (χ0) is 15.0. The molecule has 0 amide bonds. The summed E-state index contributed by atoms with van der Waals surface area (Å²) in [6.45, 7) is 2.05. The van der Waals surface area contributed by atoms with E-state index >= 15 is 0 Å². The monoisotopic (exact) mass is 346 g/mol. The molecule has 3 rings (SSSR count). The minimum absolute atomic E-state index is 0.812. The summed E-state index contributed by atoms with van der Waals surface area (Å²) >= 11 is 3.56. The van der Waals surface area contributed by atoms with E-state index in [0.717, 1.165) is 38.3 Å². The summed E-state index contributed by atoms with van der Waals surface area (Å²) < 4.78 is 13.4. The number of fused-ring (bicyclic) bond motifs is 1. The summed E-state index contributed by atoms with van der Waals surface area (Å²) in [6.07, 6.45) is 0. The summed E-state index contributed by atoms with van der Waals surface area (Å²) in [7, 11) is 3.32. The lowest BCUT2D eigenvalue weighted by atomic mass is 10.2. The summed E-state index contributed by atoms with van der Waals surface area (Å²) in [5.74, 6) is 1.64. The van der Waals surface area contributed by atoms with Gasteiger partial charge in [-0.3, -0.25) is 0 Å². The van der Waals surface area contributed by atoms with E-state index in [1.807, 2.05) is 48.0 Å². The first-order valence-corrected chi connectivity index (χ1v) is 7.30. The van der Waals surface area contributed by atoms with Crippen LogP contribution in [0.3, 0.4) is 0 Å². The van der Waals surface area contributed by atoms with E-state index in [-0.39, 0.29) is 0 Å². The van der Waals surface area contributed by atoms with Crippen molar-refractivity contribution in [1.82, 2.24) is 9.78 Å². The smallest absolute Gasteiger partial charge is 0.120 e. The van der Waals surface area contributed by atoms with E-state index in [4.69, 9.17) is 9.47 Å². The van der Waals surface area contributed by atoms with Crippen molar-refractivity contribution in [2.45, 2.75) is 6.92 Å². The summed E-state index contributed by atoms with van der Waals surface area (Å²) in [4.78, 5) is 0. The fraction of sp³-hybridized carbons (Fsp3) is 0.188. The summed E-state index contributed by atoms with van der Waals surface area (Å²) in [6, 6.07) is 11.8. The van der Waals surface area contributed by atoms with Gasteiger partial charge in [0.1, 0.15) is 17.0 Å². The van der Waals surface area contributed by atoms with Gasteiger partial charge in [0.05, 0.1) is 19.9 Å². The fourth-order valence-electron chi connectivity index (χ4n) is 2.33. The largest absolute Gasteiger partial charge is 0.497 e. The van der Waals surface area contributed by atoms with Crippen LogP contribution in [-0.4, -0.2) is 24.0 Å². The number of benzene rings is 2. The van der Waals surface area contributed by atoms with Crippen molar-refractivity contribution < 1.29 is 9.47 Å². The van der Waals surface area contributed by atoms with E-state index in [1.54, 1.807) is 14.2 Å². The maximum Gasteiger partial charge on any atom is 0.120 e. The molecule has 0 saturated carbocycles. The third kappa shape index (κ3) is 2.38. The van der Waals surface area contributed by atoms with Gasteiger partial charge < -0.3 is 9.47 Å². The molecule has 0 aliphatic carbocycles. The van der Waals surface area contributed by atoms with Crippen molar-refractivity contribution in [3.05, 3.63) is 46.6 Å². The highest BCUT2D eigenvalue weighted by molar-refractivity contribution is 9.10. The summed E-state index contributed by atoms with van der Waals surface area (Å²) in [5.41, 5.74) is 2.98. The Morgan fingerprint density at radius 1 is 1.00 bits per heavy atom. The lowest BCUT2D eigenvalue weighted by Gasteiger charge is -2.05. The Hall–Kier alpha value is -2.01. The van der Waals surface area contributed by atoms with Gasteiger partial charge in [-0.05, 0) is 59.3 Å². The van der Waals surface area contributed by atoms with Crippen molar-refractivity contribution in [3.8, 4) is 17.2 Å². The molecule has 5 heteroatoms. The highest BCUT2D eigenvalue weighted by atomic mass is 79.9. The highest BCUT2D eigenvalue weighted by Crippen LogP contribution is 2.32. The summed E-state index contributed by atoms with van der Waals surface area (Å²) in [5, 5.41) is 5.75. The molecule has 1 aromatic heterocycles. The minimum atomic E-state index is 0.812. The van der Waals surface area contributed by atoms with Crippen LogP contribution in [0.4, 0.5) is 0 Å². The highest BCUT2D eigenvalue weighted by Gasteiger charge is 2.13. The van der Waals surface area contributed by atoms with Gasteiger partial charge in [-0.2, -0.15) is 5.10 Å². The predicted molar refractivity (Wildman–Crippen MR) is 86.6 cm³/mol. The molecule has 0 aliphatic heterocycles. The molecule has 0 fully saturated rings. The second kappa shape index (κ2) is 5.41. The molecule has 0 aliphatic rings. The quantitative estimate of drug-likeness (QED) is 0.715. The number of hydrogen-bond donors (Lipinski definition) is 0. The Morgan fingerprint density at radius 2 is 1.67 bits per heavy atom. The van der Waals surface area contributed by atoms with Crippen LogP contribution in [0.2, 0.25) is 0 Å². The van der Waals surface area contributed by atoms with Crippen LogP contribution in [0.5, 0.6) is 11.5 Å². The van der Waals surface area contributed by atoms with Gasteiger partial charge in [-0.15, -0.1) is 0 Å². The second-order valence-corrected chi connectivity index (χ2v) is 5.55. The third-order valence-electron chi connectivity index (χ3n) is 3.50. The molecule has 3 aromatic rings. The molecule has 0 N–H and O–H groups in total. The lowest BCUT2D eigenvalue weighted by molar-refractivity contribution is 0.414. The molecule has 21 heavy (non-hydrogen) atoms. The van der Waals surface area contributed by atoms with E-state index in [2.05, 4.69) is 21.0 Å². The van der Waals surface area contributed by atoms with Crippen molar-refractivity contribution in [3.63, 3.8) is 0 Å². The Labute approximate surface area is 131 Å². The Morgan fingerprint density at radius 3 is 2.29 bits per heavy atom. The molecule has 0 spiro atoms. The molecule has 2 aromatic carbocycles. The average molecular weight is 347 g/mol. The molecule has 108 valence electrons. The number of nitrogens with zero attached hydrogens (tertiary/aromatic N) is 2. The maximum absolute atomic E-state index is 5.32. The van der Waals surface area contributed by atoms with E-state index in [0.29, 0.717) is 0 Å². The number of aromatic nitrogens is 2. The first-order chi connectivity index (χ1) is 10.1. The zero-order valence-electron chi connectivity index (χ0n) is 12.1. The SMILES string of the molecule is COc1ccc(-n2nc3c(Br)cc(OC)cc3c2C)cc1. The van der Waals surface area contributed by atoms with Crippen molar-refractivity contribution in [1.29, 1.82) is 0 Å². The molecular weight excluding hydrogens is 332 g/mol. The molecule has 0 atom stereocenters. The molecule has 0 radical (unpaired) electrons. The van der Waals surface area contributed by atoms with Crippen LogP contribution in [0.15, 0.2) is 40.9 Å². The minimum Gasteiger partial charge on any atom is -0.497 e. The third-order valence-corrected chi connectivity index (χ3v) is 4.10. The van der Waals surface area contributed by atoms with Gasteiger partial charge in [0.2, 0.25) is 0 Å². The number of halogens is 1. The van der Waals surface area contributed by atoms with Gasteiger partial charge in [0.25, 0.3) is 0 Å². The van der Waals surface area contributed by atoms with Gasteiger partial charge in [0, 0.05) is 15.6 Å². The second-order valence-electron chi connectivity index (χ2n) is 4.70. The first-order valence-electron chi connectivity index (χ1n) is 6.51. The Kier molecular flexibility index (Phi) is 3.59. The number of rotatable bonds is 3. The predicted octanol–water partition coefficient (Wildman–Crippen LogP) is 4.11. The molecule has 0 bridgehead atoms. The van der Waals surface area contributed by atoms with Gasteiger partial charge >= 0.3 is 0 Å². The number of hydrogen-bond acceptors (Lipinski definition) is 3. The normalized spacial score (nSPS) is 10.9. The van der Waals surface area contributed by atoms with Crippen LogP contribution in [0, 0.1) is 6.92 Å². The van der Waals surface area contributed by atoms with E-state index < -0.39 is 0 Å². The van der Waals surface area contributed by atoms with Crippen LogP contribution < -0.4 is 9.47 Å². The zero-order valence-corrected chi connectivity index (χ0v) is 13.6. The van der Waals surface area contributed by atoms with Crippen molar-refractivity contribution in [2.75, 3.05) is 14.2 Å². The molecule has 1 heterocycles. The van der Waals surface area contributed by atoms with Crippen molar-refractivity contribution >= 4 is 26.8 Å². The molecular formula is C16H15BrN2O2.